The summed E-state index contributed by atoms with van der Waals surface area (Å²) in [4.78, 5) is 35.6. The molecular formula is C12H21N3O4S. The van der Waals surface area contributed by atoms with E-state index in [-0.39, 0.29) is 29.2 Å². The van der Waals surface area contributed by atoms with Gasteiger partial charge in [0.05, 0.1) is 11.5 Å². The Morgan fingerprint density at radius 2 is 2.10 bits per heavy atom. The predicted octanol–water partition coefficient (Wildman–Crippen LogP) is -1.43. The van der Waals surface area contributed by atoms with E-state index in [1.807, 2.05) is 0 Å². The molecule has 0 spiro atoms. The second kappa shape index (κ2) is 8.80. The normalized spacial score (nSPS) is 18.8. The Labute approximate surface area is 122 Å². The minimum Gasteiger partial charge on any atom is -0.383 e. The van der Waals surface area contributed by atoms with Crippen LogP contribution in [0.1, 0.15) is 12.8 Å². The number of carbonyl (C=O) groups excluding carboxylic acids is 3. The van der Waals surface area contributed by atoms with Gasteiger partial charge in [0.1, 0.15) is 6.10 Å². The van der Waals surface area contributed by atoms with Crippen molar-refractivity contribution in [2.45, 2.75) is 18.9 Å². The minimum absolute atomic E-state index is 0.115. The van der Waals surface area contributed by atoms with Crippen LogP contribution in [-0.4, -0.2) is 72.0 Å². The summed E-state index contributed by atoms with van der Waals surface area (Å²) in [6.45, 7) is 1.39. The van der Waals surface area contributed by atoms with Gasteiger partial charge in [-0.25, -0.2) is 0 Å². The van der Waals surface area contributed by atoms with Crippen LogP contribution in [0.2, 0.25) is 0 Å². The molecule has 0 aromatic carbocycles. The minimum atomic E-state index is -0.900. The summed E-state index contributed by atoms with van der Waals surface area (Å²) < 4.78 is 0. The number of hydrogen-bond acceptors (Lipinski definition) is 5. The van der Waals surface area contributed by atoms with E-state index in [0.717, 1.165) is 6.42 Å². The molecular weight excluding hydrogens is 282 g/mol. The van der Waals surface area contributed by atoms with Gasteiger partial charge in [0.25, 0.3) is 5.91 Å². The van der Waals surface area contributed by atoms with Crippen molar-refractivity contribution in [3.63, 3.8) is 0 Å². The standard InChI is InChI=1S/C12H21N3O4S/c1-13-10(17)7-20-8-11(18)14-4-6-15-5-2-3-9(16)12(15)19/h9,16H,2-8H2,1H3,(H,13,17)(H,14,18)/t9-/m0/s1. The number of piperidine rings is 1. The topological polar surface area (TPSA) is 98.7 Å². The molecule has 8 heteroatoms. The lowest BCUT2D eigenvalue weighted by molar-refractivity contribution is -0.143. The lowest BCUT2D eigenvalue weighted by Gasteiger charge is -2.29. The Balaban J connectivity index is 2.12. The van der Waals surface area contributed by atoms with E-state index >= 15 is 0 Å². The molecule has 0 aromatic heterocycles. The highest BCUT2D eigenvalue weighted by Crippen LogP contribution is 2.10. The van der Waals surface area contributed by atoms with Crippen LogP contribution in [0.25, 0.3) is 0 Å². The third-order valence-corrected chi connectivity index (χ3v) is 3.88. The molecule has 1 rings (SSSR count). The van der Waals surface area contributed by atoms with Gasteiger partial charge in [0.15, 0.2) is 0 Å². The van der Waals surface area contributed by atoms with E-state index in [4.69, 9.17) is 0 Å². The summed E-state index contributed by atoms with van der Waals surface area (Å²) in [6.07, 6.45) is 0.392. The maximum Gasteiger partial charge on any atom is 0.251 e. The van der Waals surface area contributed by atoms with Gasteiger partial charge < -0.3 is 20.6 Å². The first-order valence-electron chi connectivity index (χ1n) is 6.56. The van der Waals surface area contributed by atoms with Crippen molar-refractivity contribution in [2.24, 2.45) is 0 Å². The zero-order valence-corrected chi connectivity index (χ0v) is 12.4. The summed E-state index contributed by atoms with van der Waals surface area (Å²) >= 11 is 1.24. The maximum absolute atomic E-state index is 11.6. The van der Waals surface area contributed by atoms with E-state index in [1.165, 1.54) is 11.8 Å². The van der Waals surface area contributed by atoms with Gasteiger partial charge in [-0.1, -0.05) is 0 Å². The lowest BCUT2D eigenvalue weighted by atomic mass is 10.1. The summed E-state index contributed by atoms with van der Waals surface area (Å²) in [6, 6.07) is 0. The van der Waals surface area contributed by atoms with Crippen LogP contribution < -0.4 is 10.6 Å². The SMILES string of the molecule is CNC(=O)CSCC(=O)NCCN1CCC[C@H](O)C1=O. The summed E-state index contributed by atoms with van der Waals surface area (Å²) in [5, 5.41) is 14.6. The molecule has 1 saturated heterocycles. The van der Waals surface area contributed by atoms with E-state index in [9.17, 15) is 19.5 Å². The number of carbonyl (C=O) groups is 3. The molecule has 1 aliphatic heterocycles. The lowest BCUT2D eigenvalue weighted by Crippen LogP contribution is -2.47. The number of likely N-dealkylation sites (tertiary alicyclic amines) is 1. The quantitative estimate of drug-likeness (QED) is 0.535. The van der Waals surface area contributed by atoms with Gasteiger partial charge in [0.2, 0.25) is 11.8 Å². The fourth-order valence-electron chi connectivity index (χ4n) is 1.83. The number of aliphatic hydroxyl groups is 1. The van der Waals surface area contributed by atoms with Crippen LogP contribution in [0.5, 0.6) is 0 Å². The highest BCUT2D eigenvalue weighted by Gasteiger charge is 2.26. The monoisotopic (exact) mass is 303 g/mol. The molecule has 1 fully saturated rings. The van der Waals surface area contributed by atoms with Crippen molar-refractivity contribution in [1.29, 1.82) is 0 Å². The molecule has 3 amide bonds. The van der Waals surface area contributed by atoms with E-state index in [0.29, 0.717) is 26.1 Å². The van der Waals surface area contributed by atoms with Crippen molar-refractivity contribution in [3.8, 4) is 0 Å². The van der Waals surface area contributed by atoms with Crippen molar-refractivity contribution >= 4 is 29.5 Å². The molecule has 0 radical (unpaired) electrons. The second-order valence-corrected chi connectivity index (χ2v) is 5.48. The third-order valence-electron chi connectivity index (χ3n) is 2.95. The predicted molar refractivity (Wildman–Crippen MR) is 76.2 cm³/mol. The van der Waals surface area contributed by atoms with Crippen LogP contribution >= 0.6 is 11.8 Å². The van der Waals surface area contributed by atoms with Gasteiger partial charge in [-0.05, 0) is 12.8 Å². The van der Waals surface area contributed by atoms with Crippen LogP contribution in [0.3, 0.4) is 0 Å². The first-order valence-corrected chi connectivity index (χ1v) is 7.72. The molecule has 0 bridgehead atoms. The Hall–Kier alpha value is -1.28. The highest BCUT2D eigenvalue weighted by molar-refractivity contribution is 8.00. The second-order valence-electron chi connectivity index (χ2n) is 4.50. The number of nitrogens with one attached hydrogen (secondary N) is 2. The molecule has 0 aliphatic carbocycles. The van der Waals surface area contributed by atoms with Crippen molar-refractivity contribution in [3.05, 3.63) is 0 Å². The zero-order valence-electron chi connectivity index (χ0n) is 11.6. The Kier molecular flexibility index (Phi) is 7.38. The van der Waals surface area contributed by atoms with Gasteiger partial charge in [0, 0.05) is 26.7 Å². The van der Waals surface area contributed by atoms with Gasteiger partial charge in [-0.3, -0.25) is 14.4 Å². The zero-order chi connectivity index (χ0) is 15.0. The number of rotatable bonds is 7. The molecule has 0 saturated carbocycles. The Morgan fingerprint density at radius 3 is 2.80 bits per heavy atom. The first kappa shape index (κ1) is 16.8. The van der Waals surface area contributed by atoms with Crippen molar-refractivity contribution < 1.29 is 19.5 Å². The van der Waals surface area contributed by atoms with Gasteiger partial charge in [-0.15, -0.1) is 11.8 Å². The number of thioether (sulfide) groups is 1. The number of amides is 3. The molecule has 0 unspecified atom stereocenters. The number of aliphatic hydroxyl groups excluding tert-OH is 1. The molecule has 0 aromatic rings. The van der Waals surface area contributed by atoms with E-state index < -0.39 is 6.10 Å². The average Bonchev–Trinajstić information content (AvgIpc) is 2.43. The summed E-state index contributed by atoms with van der Waals surface area (Å²) in [5.41, 5.74) is 0. The van der Waals surface area contributed by atoms with Gasteiger partial charge in [-0.2, -0.15) is 0 Å². The van der Waals surface area contributed by atoms with Crippen molar-refractivity contribution in [2.75, 3.05) is 38.2 Å². The van der Waals surface area contributed by atoms with Gasteiger partial charge >= 0.3 is 0 Å². The first-order chi connectivity index (χ1) is 9.54. The molecule has 1 atom stereocenters. The van der Waals surface area contributed by atoms with E-state index in [2.05, 4.69) is 10.6 Å². The van der Waals surface area contributed by atoms with Crippen molar-refractivity contribution in [1.82, 2.24) is 15.5 Å². The molecule has 20 heavy (non-hydrogen) atoms. The number of hydrogen-bond donors (Lipinski definition) is 3. The van der Waals surface area contributed by atoms with Crippen LogP contribution in [-0.2, 0) is 14.4 Å². The molecule has 7 nitrogen and oxygen atoms in total. The molecule has 1 aliphatic rings. The van der Waals surface area contributed by atoms with Crippen LogP contribution in [0, 0.1) is 0 Å². The van der Waals surface area contributed by atoms with E-state index in [1.54, 1.807) is 11.9 Å². The fraction of sp³-hybridized carbons (Fsp3) is 0.750. The average molecular weight is 303 g/mol. The molecule has 114 valence electrons. The smallest absolute Gasteiger partial charge is 0.251 e. The Bertz CT molecular complexity index is 365. The largest absolute Gasteiger partial charge is 0.383 e. The summed E-state index contributed by atoms with van der Waals surface area (Å²) in [7, 11) is 1.55. The number of nitrogens with zero attached hydrogens (tertiary/aromatic N) is 1. The fourth-order valence-corrected chi connectivity index (χ4v) is 2.55. The maximum atomic E-state index is 11.6. The Morgan fingerprint density at radius 1 is 1.40 bits per heavy atom. The van der Waals surface area contributed by atoms with Crippen LogP contribution in [0.15, 0.2) is 0 Å². The summed E-state index contributed by atoms with van der Waals surface area (Å²) in [5.74, 6) is -0.0795. The third kappa shape index (κ3) is 5.79. The molecule has 1 heterocycles. The van der Waals surface area contributed by atoms with Crippen LogP contribution in [0.4, 0.5) is 0 Å². The highest BCUT2D eigenvalue weighted by atomic mass is 32.2. The molecule has 3 N–H and O–H groups in total.